The predicted octanol–water partition coefficient (Wildman–Crippen LogP) is 4.25. The average molecular weight is 398 g/mol. The fourth-order valence-electron chi connectivity index (χ4n) is 3.22. The van der Waals surface area contributed by atoms with Crippen molar-refractivity contribution in [3.63, 3.8) is 0 Å². The Bertz CT molecular complexity index is 1050. The normalized spacial score (nSPS) is 10.7. The predicted molar refractivity (Wildman–Crippen MR) is 108 cm³/mol. The first-order valence-electron chi connectivity index (χ1n) is 9.19. The van der Waals surface area contributed by atoms with Crippen LogP contribution in [0.4, 0.5) is 5.69 Å². The molecule has 0 bridgehead atoms. The third-order valence-electron chi connectivity index (χ3n) is 4.45. The molecular formula is C21H22N2O6. The van der Waals surface area contributed by atoms with Crippen molar-refractivity contribution in [2.45, 2.75) is 20.3 Å². The van der Waals surface area contributed by atoms with E-state index in [1.54, 1.807) is 31.5 Å². The number of methoxy groups -OCH3 is 1. The maximum Gasteiger partial charge on any atom is 0.315 e. The summed E-state index contributed by atoms with van der Waals surface area (Å²) in [4.78, 5) is 15.3. The van der Waals surface area contributed by atoms with Crippen molar-refractivity contribution in [3.05, 3.63) is 57.9 Å². The van der Waals surface area contributed by atoms with Gasteiger partial charge in [0.15, 0.2) is 17.2 Å². The number of nitro groups is 1. The second-order valence-electron chi connectivity index (χ2n) is 6.25. The number of nitro benzene ring substituents is 1. The van der Waals surface area contributed by atoms with Crippen molar-refractivity contribution < 1.29 is 24.2 Å². The van der Waals surface area contributed by atoms with Crippen LogP contribution in [0, 0.1) is 10.1 Å². The van der Waals surface area contributed by atoms with E-state index in [1.807, 2.05) is 13.0 Å². The molecule has 3 aromatic rings. The monoisotopic (exact) mass is 398 g/mol. The zero-order valence-electron chi connectivity index (χ0n) is 16.5. The van der Waals surface area contributed by atoms with Gasteiger partial charge in [-0.3, -0.25) is 15.1 Å². The molecule has 0 fully saturated rings. The van der Waals surface area contributed by atoms with Gasteiger partial charge in [-0.15, -0.1) is 0 Å². The molecule has 0 aliphatic carbocycles. The summed E-state index contributed by atoms with van der Waals surface area (Å²) in [7, 11) is 1.44. The van der Waals surface area contributed by atoms with Crippen molar-refractivity contribution >= 4 is 16.5 Å². The van der Waals surface area contributed by atoms with Gasteiger partial charge in [0.1, 0.15) is 0 Å². The number of phenolic OH excluding ortho intramolecular Hbond substituents is 1. The first-order valence-corrected chi connectivity index (χ1v) is 9.19. The van der Waals surface area contributed by atoms with Gasteiger partial charge in [-0.2, -0.15) is 0 Å². The Morgan fingerprint density at radius 2 is 1.83 bits per heavy atom. The number of ether oxygens (including phenoxy) is 3. The maximum atomic E-state index is 11.5. The van der Waals surface area contributed by atoms with Crippen LogP contribution in [0.3, 0.4) is 0 Å². The summed E-state index contributed by atoms with van der Waals surface area (Å²) in [5, 5.41) is 23.4. The summed E-state index contributed by atoms with van der Waals surface area (Å²) in [6, 6.07) is 6.73. The molecule has 0 saturated carbocycles. The van der Waals surface area contributed by atoms with Crippen molar-refractivity contribution in [1.29, 1.82) is 0 Å². The first-order chi connectivity index (χ1) is 14.0. The number of benzene rings is 2. The van der Waals surface area contributed by atoms with Crippen LogP contribution in [0.2, 0.25) is 0 Å². The lowest BCUT2D eigenvalue weighted by atomic mass is 9.99. The molecule has 0 saturated heterocycles. The average Bonchev–Trinajstić information content (AvgIpc) is 2.71. The van der Waals surface area contributed by atoms with E-state index in [9.17, 15) is 15.2 Å². The summed E-state index contributed by atoms with van der Waals surface area (Å²) in [5.74, 6) is 0.816. The molecule has 2 aromatic carbocycles. The molecule has 152 valence electrons. The van der Waals surface area contributed by atoms with Gasteiger partial charge >= 0.3 is 5.69 Å². The number of nitrogens with zero attached hydrogens (tertiary/aromatic N) is 2. The lowest BCUT2D eigenvalue weighted by Gasteiger charge is -2.13. The minimum absolute atomic E-state index is 0.0222. The van der Waals surface area contributed by atoms with E-state index < -0.39 is 4.92 Å². The number of rotatable bonds is 8. The summed E-state index contributed by atoms with van der Waals surface area (Å²) < 4.78 is 16.2. The van der Waals surface area contributed by atoms with Crippen molar-refractivity contribution in [2.24, 2.45) is 0 Å². The third kappa shape index (κ3) is 4.01. The largest absolute Gasteiger partial charge is 0.504 e. The van der Waals surface area contributed by atoms with E-state index in [4.69, 9.17) is 14.2 Å². The number of hydrogen-bond acceptors (Lipinski definition) is 7. The van der Waals surface area contributed by atoms with Crippen LogP contribution in [-0.2, 0) is 6.42 Å². The molecule has 0 radical (unpaired) electrons. The van der Waals surface area contributed by atoms with Crippen LogP contribution < -0.4 is 14.2 Å². The molecule has 0 atom stereocenters. The molecule has 0 unspecified atom stereocenters. The Morgan fingerprint density at radius 3 is 2.48 bits per heavy atom. The fraction of sp³-hybridized carbons (Fsp3) is 0.286. The lowest BCUT2D eigenvalue weighted by Crippen LogP contribution is -2.02. The molecular weight excluding hydrogens is 376 g/mol. The van der Waals surface area contributed by atoms with Gasteiger partial charge in [0.25, 0.3) is 0 Å². The Hall–Kier alpha value is -3.55. The molecule has 0 amide bonds. The number of hydrogen-bond donors (Lipinski definition) is 1. The van der Waals surface area contributed by atoms with E-state index in [-0.39, 0.29) is 23.8 Å². The topological polar surface area (TPSA) is 104 Å². The molecule has 1 aromatic heterocycles. The van der Waals surface area contributed by atoms with Crippen molar-refractivity contribution in [3.8, 4) is 23.0 Å². The fourth-order valence-corrected chi connectivity index (χ4v) is 3.22. The highest BCUT2D eigenvalue weighted by molar-refractivity contribution is 5.92. The van der Waals surface area contributed by atoms with Crippen molar-refractivity contribution in [1.82, 2.24) is 4.98 Å². The van der Waals surface area contributed by atoms with E-state index in [0.29, 0.717) is 35.5 Å². The SMILES string of the molecule is CCOc1ccc2c(Cc3cc(OC)c(OCC)c([N+](=O)[O-])c3)cncc2c1O. The summed E-state index contributed by atoms with van der Waals surface area (Å²) >= 11 is 0. The number of pyridine rings is 1. The van der Waals surface area contributed by atoms with Gasteiger partial charge in [0, 0.05) is 23.8 Å². The summed E-state index contributed by atoms with van der Waals surface area (Å²) in [6.07, 6.45) is 3.61. The van der Waals surface area contributed by atoms with Gasteiger partial charge in [-0.05, 0) is 48.9 Å². The molecule has 0 aliphatic rings. The molecule has 8 nitrogen and oxygen atoms in total. The highest BCUT2D eigenvalue weighted by Crippen LogP contribution is 2.40. The van der Waals surface area contributed by atoms with E-state index >= 15 is 0 Å². The maximum absolute atomic E-state index is 11.5. The Balaban J connectivity index is 2.08. The quantitative estimate of drug-likeness (QED) is 0.447. The Morgan fingerprint density at radius 1 is 1.07 bits per heavy atom. The van der Waals surface area contributed by atoms with Crippen LogP contribution in [0.1, 0.15) is 25.0 Å². The van der Waals surface area contributed by atoms with E-state index in [2.05, 4.69) is 4.98 Å². The highest BCUT2D eigenvalue weighted by atomic mass is 16.6. The Kier molecular flexibility index (Phi) is 6.01. The van der Waals surface area contributed by atoms with Crippen LogP contribution in [0.15, 0.2) is 36.7 Å². The third-order valence-corrected chi connectivity index (χ3v) is 4.45. The second-order valence-corrected chi connectivity index (χ2v) is 6.25. The number of aromatic nitrogens is 1. The minimum atomic E-state index is -0.488. The molecule has 8 heteroatoms. The number of fused-ring (bicyclic) bond motifs is 1. The molecule has 3 rings (SSSR count). The van der Waals surface area contributed by atoms with Crippen LogP contribution >= 0.6 is 0 Å². The van der Waals surface area contributed by atoms with Gasteiger partial charge in [-0.1, -0.05) is 6.07 Å². The van der Waals surface area contributed by atoms with Gasteiger partial charge in [-0.25, -0.2) is 0 Å². The van der Waals surface area contributed by atoms with Crippen LogP contribution in [0.25, 0.3) is 10.8 Å². The molecule has 0 aliphatic heterocycles. The number of aromatic hydroxyl groups is 1. The highest BCUT2D eigenvalue weighted by Gasteiger charge is 2.22. The lowest BCUT2D eigenvalue weighted by molar-refractivity contribution is -0.386. The molecule has 29 heavy (non-hydrogen) atoms. The molecule has 1 N–H and O–H groups in total. The van der Waals surface area contributed by atoms with Gasteiger partial charge in [0.2, 0.25) is 5.75 Å². The van der Waals surface area contributed by atoms with E-state index in [0.717, 1.165) is 10.9 Å². The van der Waals surface area contributed by atoms with Crippen LogP contribution in [-0.4, -0.2) is 35.3 Å². The summed E-state index contributed by atoms with van der Waals surface area (Å²) in [5.41, 5.74) is 1.32. The minimum Gasteiger partial charge on any atom is -0.504 e. The van der Waals surface area contributed by atoms with E-state index in [1.165, 1.54) is 13.2 Å². The second kappa shape index (κ2) is 8.64. The zero-order valence-corrected chi connectivity index (χ0v) is 16.5. The van der Waals surface area contributed by atoms with Crippen LogP contribution in [0.5, 0.6) is 23.0 Å². The first kappa shape index (κ1) is 20.2. The standard InChI is InChI=1S/C21H22N2O6/c1-4-28-18-7-6-15-14(11-22-12-16(15)20(18)24)8-13-9-17(23(25)26)21(29-5-2)19(10-13)27-3/h6-7,9-12,24H,4-5,8H2,1-3H3. The zero-order chi connectivity index (χ0) is 21.0. The van der Waals surface area contributed by atoms with Crippen molar-refractivity contribution in [2.75, 3.05) is 20.3 Å². The molecule has 1 heterocycles. The summed E-state index contributed by atoms with van der Waals surface area (Å²) in [6.45, 7) is 4.30. The Labute approximate surface area is 167 Å². The van der Waals surface area contributed by atoms with Gasteiger partial charge in [0.05, 0.1) is 25.2 Å². The van der Waals surface area contributed by atoms with Gasteiger partial charge < -0.3 is 19.3 Å². The smallest absolute Gasteiger partial charge is 0.315 e. The number of phenols is 1. The molecule has 0 spiro atoms.